The topological polar surface area (TPSA) is 59.9 Å². The number of anilines is 1. The van der Waals surface area contributed by atoms with Gasteiger partial charge in [-0.3, -0.25) is 4.98 Å². The molecule has 1 aliphatic heterocycles. The fourth-order valence-corrected chi connectivity index (χ4v) is 2.63. The van der Waals surface area contributed by atoms with Gasteiger partial charge in [-0.2, -0.15) is 0 Å². The van der Waals surface area contributed by atoms with E-state index in [0.717, 1.165) is 36.8 Å². The lowest BCUT2D eigenvalue weighted by Gasteiger charge is -2.20. The van der Waals surface area contributed by atoms with Crippen LogP contribution in [0.25, 0.3) is 0 Å². The molecule has 21 heavy (non-hydrogen) atoms. The Morgan fingerprint density at radius 1 is 1.24 bits per heavy atom. The van der Waals surface area contributed by atoms with Crippen LogP contribution in [0.4, 0.5) is 5.82 Å². The van der Waals surface area contributed by atoms with Crippen LogP contribution < -0.4 is 5.32 Å². The third kappa shape index (κ3) is 3.36. The van der Waals surface area contributed by atoms with E-state index < -0.39 is 0 Å². The van der Waals surface area contributed by atoms with Gasteiger partial charge in [-0.15, -0.1) is 0 Å². The minimum Gasteiger partial charge on any atom is -0.379 e. The van der Waals surface area contributed by atoms with Crippen LogP contribution in [-0.4, -0.2) is 34.2 Å². The van der Waals surface area contributed by atoms with Gasteiger partial charge in [0.05, 0.1) is 19.3 Å². The van der Waals surface area contributed by atoms with E-state index in [-0.39, 0.29) is 6.04 Å². The fourth-order valence-electron chi connectivity index (χ4n) is 2.63. The molecule has 0 aromatic carbocycles. The van der Waals surface area contributed by atoms with Crippen molar-refractivity contribution in [3.05, 3.63) is 47.7 Å². The first-order valence-electron chi connectivity index (χ1n) is 7.26. The summed E-state index contributed by atoms with van der Waals surface area (Å²) in [5.41, 5.74) is 2.36. The Balaban J connectivity index is 1.71. The highest BCUT2D eigenvalue weighted by atomic mass is 16.5. The van der Waals surface area contributed by atoms with Crippen LogP contribution in [0.2, 0.25) is 0 Å². The molecule has 0 radical (unpaired) electrons. The van der Waals surface area contributed by atoms with Gasteiger partial charge in [0.2, 0.25) is 0 Å². The van der Waals surface area contributed by atoms with E-state index >= 15 is 0 Å². The van der Waals surface area contributed by atoms with Crippen LogP contribution in [0.15, 0.2) is 30.7 Å². The van der Waals surface area contributed by atoms with E-state index in [1.807, 2.05) is 32.4 Å². The minimum absolute atomic E-state index is 0.283. The number of pyridine rings is 1. The molecule has 0 saturated carbocycles. The maximum atomic E-state index is 5.66. The zero-order valence-corrected chi connectivity index (χ0v) is 12.4. The van der Waals surface area contributed by atoms with Crippen molar-refractivity contribution in [2.24, 2.45) is 5.92 Å². The molecule has 0 bridgehead atoms. The second kappa shape index (κ2) is 6.18. The number of aryl methyl sites for hydroxylation is 2. The highest BCUT2D eigenvalue weighted by molar-refractivity contribution is 5.43. The van der Waals surface area contributed by atoms with E-state index in [9.17, 15) is 0 Å². The second-order valence-corrected chi connectivity index (χ2v) is 5.56. The molecule has 1 aliphatic rings. The first-order valence-corrected chi connectivity index (χ1v) is 7.26. The standard InChI is InChI=1S/C16H20N4O/c1-11-8-18-12(2)19-16(11)20-15-10-21-9-14(15)7-13-3-5-17-6-4-13/h3-6,8,14-15H,7,9-10H2,1-2H3,(H,18,19,20)/t14-,15-/m1/s1. The highest BCUT2D eigenvalue weighted by Crippen LogP contribution is 2.23. The summed E-state index contributed by atoms with van der Waals surface area (Å²) < 4.78 is 5.66. The summed E-state index contributed by atoms with van der Waals surface area (Å²) in [5, 5.41) is 3.53. The molecular weight excluding hydrogens is 264 g/mol. The van der Waals surface area contributed by atoms with Crippen molar-refractivity contribution in [1.82, 2.24) is 15.0 Å². The fraction of sp³-hybridized carbons (Fsp3) is 0.438. The van der Waals surface area contributed by atoms with Crippen LogP contribution in [0.3, 0.4) is 0 Å². The summed E-state index contributed by atoms with van der Waals surface area (Å²) in [6, 6.07) is 4.41. The van der Waals surface area contributed by atoms with Crippen LogP contribution in [0.1, 0.15) is 17.0 Å². The molecule has 1 N–H and O–H groups in total. The first-order chi connectivity index (χ1) is 10.2. The van der Waals surface area contributed by atoms with Gasteiger partial charge in [-0.1, -0.05) is 0 Å². The maximum absolute atomic E-state index is 5.66. The van der Waals surface area contributed by atoms with Crippen molar-refractivity contribution < 1.29 is 4.74 Å². The highest BCUT2D eigenvalue weighted by Gasteiger charge is 2.29. The Hall–Kier alpha value is -2.01. The van der Waals surface area contributed by atoms with Gasteiger partial charge in [0, 0.05) is 30.1 Å². The Morgan fingerprint density at radius 2 is 2.05 bits per heavy atom. The minimum atomic E-state index is 0.283. The summed E-state index contributed by atoms with van der Waals surface area (Å²) in [5.74, 6) is 2.15. The molecule has 5 nitrogen and oxygen atoms in total. The second-order valence-electron chi connectivity index (χ2n) is 5.56. The van der Waals surface area contributed by atoms with E-state index in [0.29, 0.717) is 5.92 Å². The first kappa shape index (κ1) is 13.9. The molecule has 0 aliphatic carbocycles. The Bertz CT molecular complexity index is 602. The molecule has 5 heteroatoms. The van der Waals surface area contributed by atoms with E-state index in [4.69, 9.17) is 4.74 Å². The van der Waals surface area contributed by atoms with Crippen molar-refractivity contribution >= 4 is 5.82 Å². The molecule has 110 valence electrons. The quantitative estimate of drug-likeness (QED) is 0.932. The summed E-state index contributed by atoms with van der Waals surface area (Å²) in [6.07, 6.45) is 6.53. The average molecular weight is 284 g/mol. The molecule has 2 aromatic heterocycles. The molecule has 0 unspecified atom stereocenters. The summed E-state index contributed by atoms with van der Waals surface area (Å²) >= 11 is 0. The molecule has 2 atom stereocenters. The number of nitrogens with one attached hydrogen (secondary N) is 1. The Labute approximate surface area is 124 Å². The zero-order valence-electron chi connectivity index (χ0n) is 12.4. The molecule has 1 fully saturated rings. The van der Waals surface area contributed by atoms with Gasteiger partial charge in [-0.25, -0.2) is 9.97 Å². The van der Waals surface area contributed by atoms with Crippen LogP contribution in [0.5, 0.6) is 0 Å². The van der Waals surface area contributed by atoms with Gasteiger partial charge in [-0.05, 0) is 38.0 Å². The monoisotopic (exact) mass is 284 g/mol. The molecule has 2 aromatic rings. The van der Waals surface area contributed by atoms with Gasteiger partial charge in [0.25, 0.3) is 0 Å². The third-order valence-electron chi connectivity index (χ3n) is 3.86. The predicted molar refractivity (Wildman–Crippen MR) is 81.2 cm³/mol. The average Bonchev–Trinajstić information content (AvgIpc) is 2.91. The van der Waals surface area contributed by atoms with Gasteiger partial charge < -0.3 is 10.1 Å². The SMILES string of the molecule is Cc1ncc(C)c(N[C@@H]2COC[C@H]2Cc2ccncc2)n1. The molecule has 0 amide bonds. The van der Waals surface area contributed by atoms with E-state index in [2.05, 4.69) is 32.4 Å². The number of ether oxygens (including phenoxy) is 1. The lowest BCUT2D eigenvalue weighted by atomic mass is 9.95. The molecule has 3 heterocycles. The van der Waals surface area contributed by atoms with Gasteiger partial charge >= 0.3 is 0 Å². The summed E-state index contributed by atoms with van der Waals surface area (Å²) in [7, 11) is 0. The number of aromatic nitrogens is 3. The molecule has 0 spiro atoms. The third-order valence-corrected chi connectivity index (χ3v) is 3.86. The molecule has 3 rings (SSSR count). The number of hydrogen-bond donors (Lipinski definition) is 1. The zero-order chi connectivity index (χ0) is 14.7. The number of nitrogens with zero attached hydrogens (tertiary/aromatic N) is 3. The summed E-state index contributed by atoms with van der Waals surface area (Å²) in [4.78, 5) is 12.8. The van der Waals surface area contributed by atoms with Crippen molar-refractivity contribution in [3.63, 3.8) is 0 Å². The van der Waals surface area contributed by atoms with Crippen LogP contribution >= 0.6 is 0 Å². The van der Waals surface area contributed by atoms with Crippen LogP contribution in [0, 0.1) is 19.8 Å². The van der Waals surface area contributed by atoms with E-state index in [1.54, 1.807) is 0 Å². The van der Waals surface area contributed by atoms with E-state index in [1.165, 1.54) is 5.56 Å². The lowest BCUT2D eigenvalue weighted by Crippen LogP contribution is -2.30. The Morgan fingerprint density at radius 3 is 2.86 bits per heavy atom. The molecular formula is C16H20N4O. The Kier molecular flexibility index (Phi) is 4.10. The number of hydrogen-bond acceptors (Lipinski definition) is 5. The largest absolute Gasteiger partial charge is 0.379 e. The lowest BCUT2D eigenvalue weighted by molar-refractivity contribution is 0.185. The van der Waals surface area contributed by atoms with Crippen LogP contribution in [-0.2, 0) is 11.2 Å². The van der Waals surface area contributed by atoms with Crippen molar-refractivity contribution in [3.8, 4) is 0 Å². The van der Waals surface area contributed by atoms with Crippen molar-refractivity contribution in [2.45, 2.75) is 26.3 Å². The van der Waals surface area contributed by atoms with Crippen molar-refractivity contribution in [1.29, 1.82) is 0 Å². The van der Waals surface area contributed by atoms with Gasteiger partial charge in [0.1, 0.15) is 11.6 Å². The summed E-state index contributed by atoms with van der Waals surface area (Å²) in [6.45, 7) is 5.43. The maximum Gasteiger partial charge on any atom is 0.132 e. The van der Waals surface area contributed by atoms with Crippen molar-refractivity contribution in [2.75, 3.05) is 18.5 Å². The smallest absolute Gasteiger partial charge is 0.132 e. The predicted octanol–water partition coefficient (Wildman–Crippen LogP) is 2.16. The number of rotatable bonds is 4. The normalized spacial score (nSPS) is 21.4. The van der Waals surface area contributed by atoms with Gasteiger partial charge in [0.15, 0.2) is 0 Å². The molecule has 1 saturated heterocycles.